The third-order valence-electron chi connectivity index (χ3n) is 4.05. The Kier molecular flexibility index (Phi) is 4.26. The van der Waals surface area contributed by atoms with Crippen molar-refractivity contribution in [1.29, 1.82) is 0 Å². The Balaban J connectivity index is 0.000000231. The van der Waals surface area contributed by atoms with Crippen molar-refractivity contribution in [3.8, 4) is 23.5 Å². The normalized spacial score (nSPS) is 16.9. The topological polar surface area (TPSA) is 42.4 Å². The van der Waals surface area contributed by atoms with Gasteiger partial charge in [0.25, 0.3) is 0 Å². The van der Waals surface area contributed by atoms with Gasteiger partial charge in [0.1, 0.15) is 5.60 Å². The van der Waals surface area contributed by atoms with Crippen LogP contribution in [0.15, 0.2) is 42.6 Å². The highest BCUT2D eigenvalue weighted by Crippen LogP contribution is 2.32. The van der Waals surface area contributed by atoms with Gasteiger partial charge < -0.3 is 4.74 Å². The molecule has 1 aromatic rings. The molecule has 3 aliphatic rings. The summed E-state index contributed by atoms with van der Waals surface area (Å²) in [5, 5.41) is 0. The molecule has 24 heavy (non-hydrogen) atoms. The highest BCUT2D eigenvalue weighted by Gasteiger charge is 2.32. The summed E-state index contributed by atoms with van der Waals surface area (Å²) in [7, 11) is 0. The van der Waals surface area contributed by atoms with E-state index in [0.717, 1.165) is 12.8 Å². The number of fused-ring (bicyclic) bond motifs is 1. The molecule has 1 aliphatic heterocycles. The zero-order valence-corrected chi connectivity index (χ0v) is 14.0. The standard InChI is InChI=1S/C14H16N2O2.C6H4/c1-4-11-7-5-9-15-12(11)16-10-6-8-14(2,3)18-13(16)17;1-2-5-4-6(5)3-1/h1,5,7,9H,6,8,10H2,2-3H3;1-4H. The summed E-state index contributed by atoms with van der Waals surface area (Å²) in [6.07, 6.45) is 8.36. The third kappa shape index (κ3) is 3.57. The first-order chi connectivity index (χ1) is 11.5. The molecule has 1 amide bonds. The summed E-state index contributed by atoms with van der Waals surface area (Å²) in [5.74, 6) is 3.05. The fourth-order valence-electron chi connectivity index (χ4n) is 2.69. The van der Waals surface area contributed by atoms with Crippen LogP contribution in [0.4, 0.5) is 10.6 Å². The van der Waals surface area contributed by atoms with Crippen molar-refractivity contribution in [1.82, 2.24) is 4.98 Å². The lowest BCUT2D eigenvalue weighted by Gasteiger charge is -2.24. The lowest BCUT2D eigenvalue weighted by atomic mass is 10.0. The van der Waals surface area contributed by atoms with Gasteiger partial charge >= 0.3 is 6.09 Å². The lowest BCUT2D eigenvalue weighted by Crippen LogP contribution is -2.35. The second-order valence-corrected chi connectivity index (χ2v) is 6.48. The van der Waals surface area contributed by atoms with Crippen LogP contribution in [-0.4, -0.2) is 23.2 Å². The number of amides is 1. The van der Waals surface area contributed by atoms with Gasteiger partial charge in [0.2, 0.25) is 0 Å². The summed E-state index contributed by atoms with van der Waals surface area (Å²) < 4.78 is 5.44. The van der Waals surface area contributed by atoms with Gasteiger partial charge in [-0.25, -0.2) is 9.78 Å². The van der Waals surface area contributed by atoms with E-state index in [1.807, 2.05) is 13.8 Å². The average molecular weight is 320 g/mol. The molecule has 0 unspecified atom stereocenters. The van der Waals surface area contributed by atoms with Crippen LogP contribution in [0.3, 0.4) is 0 Å². The van der Waals surface area contributed by atoms with E-state index in [-0.39, 0.29) is 6.09 Å². The second kappa shape index (κ2) is 6.37. The van der Waals surface area contributed by atoms with E-state index >= 15 is 0 Å². The molecule has 0 aromatic carbocycles. The number of carbonyl (C=O) groups excluding carboxylic acids is 1. The van der Waals surface area contributed by atoms with E-state index in [0.29, 0.717) is 17.9 Å². The van der Waals surface area contributed by atoms with Crippen LogP contribution in [0.2, 0.25) is 0 Å². The van der Waals surface area contributed by atoms with Crippen LogP contribution in [0.25, 0.3) is 11.1 Å². The number of terminal acetylenes is 1. The number of rotatable bonds is 1. The predicted molar refractivity (Wildman–Crippen MR) is 94.7 cm³/mol. The molecule has 4 heteroatoms. The molecular formula is C20H20N2O2. The van der Waals surface area contributed by atoms with Crippen LogP contribution >= 0.6 is 0 Å². The largest absolute Gasteiger partial charge is 0.443 e. The second-order valence-electron chi connectivity index (χ2n) is 6.48. The van der Waals surface area contributed by atoms with E-state index in [2.05, 4.69) is 35.2 Å². The highest BCUT2D eigenvalue weighted by atomic mass is 16.6. The number of anilines is 1. The van der Waals surface area contributed by atoms with Crippen molar-refractivity contribution in [3.63, 3.8) is 0 Å². The molecule has 1 fully saturated rings. The maximum absolute atomic E-state index is 12.1. The first-order valence-electron chi connectivity index (χ1n) is 8.03. The Bertz CT molecular complexity index is 788. The average Bonchev–Trinajstić information content (AvgIpc) is 3.20. The van der Waals surface area contributed by atoms with Gasteiger partial charge in [-0.3, -0.25) is 4.90 Å². The Morgan fingerprint density at radius 3 is 2.58 bits per heavy atom. The molecule has 4 nitrogen and oxygen atoms in total. The van der Waals surface area contributed by atoms with Crippen molar-refractivity contribution in [2.45, 2.75) is 32.3 Å². The molecule has 0 atom stereocenters. The molecule has 2 heterocycles. The van der Waals surface area contributed by atoms with Crippen LogP contribution in [-0.2, 0) is 4.74 Å². The third-order valence-corrected chi connectivity index (χ3v) is 4.05. The minimum Gasteiger partial charge on any atom is -0.443 e. The van der Waals surface area contributed by atoms with E-state index in [1.54, 1.807) is 18.3 Å². The number of ether oxygens (including phenoxy) is 1. The monoisotopic (exact) mass is 320 g/mol. The minimum absolute atomic E-state index is 0.382. The molecule has 1 saturated heterocycles. The van der Waals surface area contributed by atoms with Crippen molar-refractivity contribution in [2.75, 3.05) is 11.4 Å². The number of hydrogen-bond acceptors (Lipinski definition) is 3. The summed E-state index contributed by atoms with van der Waals surface area (Å²) in [6.45, 7) is 4.40. The molecule has 0 spiro atoms. The highest BCUT2D eigenvalue weighted by molar-refractivity contribution is 5.88. The number of hydrogen-bond donors (Lipinski definition) is 0. The summed E-state index contributed by atoms with van der Waals surface area (Å²) in [4.78, 5) is 17.8. The van der Waals surface area contributed by atoms with Crippen molar-refractivity contribution in [2.24, 2.45) is 0 Å². The van der Waals surface area contributed by atoms with Gasteiger partial charge in [-0.2, -0.15) is 0 Å². The predicted octanol–water partition coefficient (Wildman–Crippen LogP) is 4.25. The van der Waals surface area contributed by atoms with E-state index in [1.165, 1.54) is 16.0 Å². The van der Waals surface area contributed by atoms with Crippen molar-refractivity contribution in [3.05, 3.63) is 48.2 Å². The quantitative estimate of drug-likeness (QED) is 0.630. The maximum atomic E-state index is 12.1. The number of nitrogens with zero attached hydrogens (tertiary/aromatic N) is 2. The molecular weight excluding hydrogens is 300 g/mol. The molecule has 0 saturated carbocycles. The fraction of sp³-hybridized carbons (Fsp3) is 0.300. The molecule has 0 bridgehead atoms. The number of carbonyl (C=O) groups is 1. The Hall–Kier alpha value is -2.80. The van der Waals surface area contributed by atoms with Gasteiger partial charge in [0.05, 0.1) is 5.56 Å². The van der Waals surface area contributed by atoms with Gasteiger partial charge in [-0.05, 0) is 56.0 Å². The molecule has 1 aromatic heterocycles. The summed E-state index contributed by atoms with van der Waals surface area (Å²) >= 11 is 0. The molecule has 4 rings (SSSR count). The Morgan fingerprint density at radius 1 is 1.25 bits per heavy atom. The Labute approximate surface area is 142 Å². The lowest BCUT2D eigenvalue weighted by molar-refractivity contribution is 0.0449. The Morgan fingerprint density at radius 2 is 2.00 bits per heavy atom. The van der Waals surface area contributed by atoms with Crippen molar-refractivity contribution >= 4 is 11.9 Å². The zero-order chi connectivity index (χ0) is 17.2. The van der Waals surface area contributed by atoms with Gasteiger partial charge in [-0.1, -0.05) is 24.1 Å². The van der Waals surface area contributed by atoms with Crippen molar-refractivity contribution < 1.29 is 9.53 Å². The number of cyclic esters (lactones) is 1. The number of pyridine rings is 1. The van der Waals surface area contributed by atoms with E-state index < -0.39 is 5.60 Å². The van der Waals surface area contributed by atoms with E-state index in [9.17, 15) is 4.79 Å². The SMILES string of the molecule is C#Cc1cccnc1N1CCCC(C)(C)OC1=O.c1cc2cc-2c1. The maximum Gasteiger partial charge on any atom is 0.416 e. The van der Waals surface area contributed by atoms with Gasteiger partial charge in [0, 0.05) is 12.7 Å². The minimum atomic E-state index is -0.434. The first kappa shape index (κ1) is 16.1. The van der Waals surface area contributed by atoms with Crippen LogP contribution in [0, 0.1) is 12.3 Å². The smallest absolute Gasteiger partial charge is 0.416 e. The number of benzene rings is 1. The first-order valence-corrected chi connectivity index (χ1v) is 8.03. The number of aromatic nitrogens is 1. The zero-order valence-electron chi connectivity index (χ0n) is 14.0. The van der Waals surface area contributed by atoms with Crippen LogP contribution in [0.5, 0.6) is 0 Å². The summed E-state index contributed by atoms with van der Waals surface area (Å²) in [5.41, 5.74) is 3.02. The molecule has 0 radical (unpaired) electrons. The van der Waals surface area contributed by atoms with Crippen LogP contribution in [0.1, 0.15) is 32.3 Å². The summed E-state index contributed by atoms with van der Waals surface area (Å²) in [6, 6.07) is 12.0. The fourth-order valence-corrected chi connectivity index (χ4v) is 2.69. The molecule has 0 N–H and O–H groups in total. The van der Waals surface area contributed by atoms with Gasteiger partial charge in [0.15, 0.2) is 5.82 Å². The van der Waals surface area contributed by atoms with E-state index in [4.69, 9.17) is 11.2 Å². The van der Waals surface area contributed by atoms with Gasteiger partial charge in [-0.15, -0.1) is 6.42 Å². The molecule has 122 valence electrons. The molecule has 2 aliphatic carbocycles. The van der Waals surface area contributed by atoms with Crippen LogP contribution < -0.4 is 4.90 Å².